The number of pyridine rings is 1. The maximum Gasteiger partial charge on any atom is 0.137 e. The van der Waals surface area contributed by atoms with Crippen molar-refractivity contribution >= 4 is 5.69 Å². The molecule has 1 aromatic heterocycles. The molecule has 0 aliphatic carbocycles. The zero-order valence-electron chi connectivity index (χ0n) is 11.3. The molecule has 2 aromatic rings. The quantitative estimate of drug-likeness (QED) is 0.849. The molecule has 1 aromatic carbocycles. The summed E-state index contributed by atoms with van der Waals surface area (Å²) in [6.45, 7) is 2.82. The second-order valence-corrected chi connectivity index (χ2v) is 4.66. The largest absolute Gasteiger partial charge is 0.490 e. The zero-order valence-corrected chi connectivity index (χ0v) is 11.3. The lowest BCUT2D eigenvalue weighted by molar-refractivity contribution is 0.292. The number of benzene rings is 1. The van der Waals surface area contributed by atoms with Gasteiger partial charge in [-0.25, -0.2) is 4.39 Å². The molecular weight excluding hydrogens is 257 g/mol. The molecule has 1 atom stereocenters. The van der Waals surface area contributed by atoms with Gasteiger partial charge >= 0.3 is 0 Å². The Kier molecular flexibility index (Phi) is 4.90. The highest BCUT2D eigenvalue weighted by Crippen LogP contribution is 2.11. The summed E-state index contributed by atoms with van der Waals surface area (Å²) in [5.41, 5.74) is 7.69. The number of hydrogen-bond donors (Lipinski definition) is 2. The minimum atomic E-state index is -0.273. The third kappa shape index (κ3) is 4.51. The number of anilines is 1. The maximum atomic E-state index is 13.0. The van der Waals surface area contributed by atoms with Crippen LogP contribution in [0.25, 0.3) is 0 Å². The van der Waals surface area contributed by atoms with Crippen LogP contribution in [0.4, 0.5) is 10.1 Å². The predicted octanol–water partition coefficient (Wildman–Crippen LogP) is 2.35. The van der Waals surface area contributed by atoms with Crippen LogP contribution < -0.4 is 15.8 Å². The summed E-state index contributed by atoms with van der Waals surface area (Å²) >= 11 is 0. The Labute approximate surface area is 117 Å². The van der Waals surface area contributed by atoms with Gasteiger partial charge < -0.3 is 15.8 Å². The highest BCUT2D eigenvalue weighted by Gasteiger charge is 2.04. The fourth-order valence-electron chi connectivity index (χ4n) is 1.72. The van der Waals surface area contributed by atoms with Gasteiger partial charge in [-0.05, 0) is 36.8 Å². The Morgan fingerprint density at radius 1 is 1.35 bits per heavy atom. The lowest BCUT2D eigenvalue weighted by Gasteiger charge is -2.15. The molecule has 3 N–H and O–H groups in total. The van der Waals surface area contributed by atoms with Crippen LogP contribution in [-0.2, 0) is 0 Å². The van der Waals surface area contributed by atoms with Crippen molar-refractivity contribution in [2.24, 2.45) is 5.73 Å². The second-order valence-electron chi connectivity index (χ2n) is 4.66. The number of aromatic nitrogens is 1. The molecule has 0 aliphatic heterocycles. The molecule has 0 radical (unpaired) electrons. The molecule has 20 heavy (non-hydrogen) atoms. The highest BCUT2D eigenvalue weighted by atomic mass is 19.1. The smallest absolute Gasteiger partial charge is 0.137 e. The van der Waals surface area contributed by atoms with Crippen molar-refractivity contribution < 1.29 is 9.13 Å². The molecule has 0 aliphatic rings. The van der Waals surface area contributed by atoms with Crippen molar-refractivity contribution in [2.75, 3.05) is 18.5 Å². The van der Waals surface area contributed by atoms with Gasteiger partial charge in [0.1, 0.15) is 18.2 Å². The third-order valence-electron chi connectivity index (χ3n) is 2.71. The van der Waals surface area contributed by atoms with Gasteiger partial charge in [0.2, 0.25) is 0 Å². The normalized spacial score (nSPS) is 11.9. The lowest BCUT2D eigenvalue weighted by atomic mass is 10.2. The first-order valence-electron chi connectivity index (χ1n) is 6.43. The number of aryl methyl sites for hydroxylation is 1. The minimum absolute atomic E-state index is 0.196. The predicted molar refractivity (Wildman–Crippen MR) is 77.3 cm³/mol. The van der Waals surface area contributed by atoms with Crippen LogP contribution >= 0.6 is 0 Å². The van der Waals surface area contributed by atoms with Crippen LogP contribution in [0.3, 0.4) is 0 Å². The zero-order chi connectivity index (χ0) is 14.4. The van der Waals surface area contributed by atoms with Gasteiger partial charge in [0.25, 0.3) is 0 Å². The molecule has 1 unspecified atom stereocenters. The first kappa shape index (κ1) is 14.3. The van der Waals surface area contributed by atoms with Crippen molar-refractivity contribution in [3.05, 3.63) is 54.1 Å². The molecular formula is C15H18FN3O. The van der Waals surface area contributed by atoms with Gasteiger partial charge in [0.05, 0.1) is 12.2 Å². The molecule has 0 amide bonds. The summed E-state index contributed by atoms with van der Waals surface area (Å²) in [7, 11) is 0. The monoisotopic (exact) mass is 275 g/mol. The van der Waals surface area contributed by atoms with Crippen LogP contribution in [0, 0.1) is 12.7 Å². The molecule has 4 nitrogen and oxygen atoms in total. The Morgan fingerprint density at radius 2 is 2.20 bits per heavy atom. The van der Waals surface area contributed by atoms with Crippen molar-refractivity contribution in [3.63, 3.8) is 0 Å². The topological polar surface area (TPSA) is 60.2 Å². The molecule has 0 spiro atoms. The van der Waals surface area contributed by atoms with Gasteiger partial charge in [0, 0.05) is 18.4 Å². The molecule has 5 heteroatoms. The molecule has 2 rings (SSSR count). The van der Waals surface area contributed by atoms with Crippen LogP contribution in [-0.4, -0.2) is 24.2 Å². The lowest BCUT2D eigenvalue weighted by Crippen LogP contribution is -2.35. The van der Waals surface area contributed by atoms with Gasteiger partial charge in [-0.1, -0.05) is 6.07 Å². The molecule has 0 fully saturated rings. The average Bonchev–Trinajstić information content (AvgIpc) is 2.43. The number of halogens is 1. The highest BCUT2D eigenvalue weighted by molar-refractivity contribution is 5.43. The van der Waals surface area contributed by atoms with E-state index in [2.05, 4.69) is 10.3 Å². The number of nitrogens with one attached hydrogen (secondary N) is 1. The fourth-order valence-corrected chi connectivity index (χ4v) is 1.72. The van der Waals surface area contributed by atoms with Gasteiger partial charge in [0.15, 0.2) is 0 Å². The molecule has 0 saturated carbocycles. The average molecular weight is 275 g/mol. The first-order valence-corrected chi connectivity index (χ1v) is 6.43. The number of nitrogens with two attached hydrogens (primary N) is 1. The second kappa shape index (κ2) is 6.86. The summed E-state index contributed by atoms with van der Waals surface area (Å²) in [6.07, 6.45) is 3.41. The van der Waals surface area contributed by atoms with E-state index >= 15 is 0 Å². The van der Waals surface area contributed by atoms with E-state index in [1.807, 2.05) is 13.0 Å². The number of ether oxygens (including phenoxy) is 1. The van der Waals surface area contributed by atoms with Crippen molar-refractivity contribution in [1.29, 1.82) is 0 Å². The summed E-state index contributed by atoms with van der Waals surface area (Å²) in [5, 5.41) is 3.07. The molecule has 1 heterocycles. The van der Waals surface area contributed by atoms with Crippen LogP contribution in [0.1, 0.15) is 5.56 Å². The number of hydrogen-bond acceptors (Lipinski definition) is 4. The van der Waals surface area contributed by atoms with E-state index in [1.54, 1.807) is 24.5 Å². The van der Waals surface area contributed by atoms with E-state index in [0.717, 1.165) is 5.56 Å². The maximum absolute atomic E-state index is 13.0. The Balaban J connectivity index is 1.77. The molecule has 0 saturated heterocycles. The molecule has 0 bridgehead atoms. The fraction of sp³-hybridized carbons (Fsp3) is 0.267. The van der Waals surface area contributed by atoms with Crippen LogP contribution in [0.15, 0.2) is 42.7 Å². The standard InChI is InChI=1S/C15H18FN3O/c1-11-5-15(9-18-7-11)20-10-13(17)8-19-14-4-2-3-12(16)6-14/h2-7,9,13,19H,8,10,17H2,1H3. The van der Waals surface area contributed by atoms with E-state index < -0.39 is 0 Å². The first-order chi connectivity index (χ1) is 9.63. The molecule has 106 valence electrons. The van der Waals surface area contributed by atoms with Crippen LogP contribution in [0.2, 0.25) is 0 Å². The SMILES string of the molecule is Cc1cncc(OCC(N)CNc2cccc(F)c2)c1. The van der Waals surface area contributed by atoms with Crippen LogP contribution in [0.5, 0.6) is 5.75 Å². The Bertz CT molecular complexity index is 513. The van der Waals surface area contributed by atoms with Crippen molar-refractivity contribution in [1.82, 2.24) is 4.98 Å². The van der Waals surface area contributed by atoms with Gasteiger partial charge in [-0.3, -0.25) is 4.98 Å². The Morgan fingerprint density at radius 3 is 2.95 bits per heavy atom. The van der Waals surface area contributed by atoms with E-state index in [0.29, 0.717) is 24.6 Å². The number of rotatable bonds is 6. The van der Waals surface area contributed by atoms with Crippen molar-refractivity contribution in [2.45, 2.75) is 13.0 Å². The summed E-state index contributed by atoms with van der Waals surface area (Å²) in [6, 6.07) is 7.98. The Hall–Kier alpha value is -2.14. The third-order valence-corrected chi connectivity index (χ3v) is 2.71. The van der Waals surface area contributed by atoms with E-state index in [4.69, 9.17) is 10.5 Å². The van der Waals surface area contributed by atoms with E-state index in [-0.39, 0.29) is 11.9 Å². The van der Waals surface area contributed by atoms with Gasteiger partial charge in [-0.15, -0.1) is 0 Å². The van der Waals surface area contributed by atoms with Gasteiger partial charge in [-0.2, -0.15) is 0 Å². The summed E-state index contributed by atoms with van der Waals surface area (Å²) < 4.78 is 18.6. The van der Waals surface area contributed by atoms with E-state index in [1.165, 1.54) is 12.1 Å². The number of nitrogens with zero attached hydrogens (tertiary/aromatic N) is 1. The van der Waals surface area contributed by atoms with E-state index in [9.17, 15) is 4.39 Å². The summed E-state index contributed by atoms with van der Waals surface area (Å²) in [4.78, 5) is 4.04. The minimum Gasteiger partial charge on any atom is -0.490 e. The summed E-state index contributed by atoms with van der Waals surface area (Å²) in [5.74, 6) is 0.428. The van der Waals surface area contributed by atoms with Crippen molar-refractivity contribution in [3.8, 4) is 5.75 Å².